The summed E-state index contributed by atoms with van der Waals surface area (Å²) in [7, 11) is 3.03. The number of aryl methyl sites for hydroxylation is 1. The maximum atomic E-state index is 13.9. The number of ether oxygens (including phenoxy) is 2. The highest BCUT2D eigenvalue weighted by atomic mass is 19.1. The van der Waals surface area contributed by atoms with Gasteiger partial charge < -0.3 is 20.1 Å². The van der Waals surface area contributed by atoms with Gasteiger partial charge in [0.1, 0.15) is 23.0 Å². The number of carbonyl (C=O) groups excluding carboxylic acids is 1. The van der Waals surface area contributed by atoms with Crippen LogP contribution in [0.5, 0.6) is 11.5 Å². The molecule has 0 saturated heterocycles. The lowest BCUT2D eigenvalue weighted by Gasteiger charge is -2.12. The average molecular weight is 382 g/mol. The first kappa shape index (κ1) is 19.1. The van der Waals surface area contributed by atoms with E-state index >= 15 is 0 Å². The number of nitrogens with zero attached hydrogens (tertiary/aromatic N) is 2. The quantitative estimate of drug-likeness (QED) is 0.672. The van der Waals surface area contributed by atoms with E-state index in [2.05, 4.69) is 20.6 Å². The molecule has 3 rings (SSSR count). The fraction of sp³-hybridized carbons (Fsp3) is 0.150. The minimum atomic E-state index is -0.464. The lowest BCUT2D eigenvalue weighted by atomic mass is 10.2. The van der Waals surface area contributed by atoms with Crippen LogP contribution in [0.3, 0.4) is 0 Å². The number of nitrogens with one attached hydrogen (secondary N) is 2. The first-order chi connectivity index (χ1) is 13.5. The van der Waals surface area contributed by atoms with Crippen LogP contribution in [0.1, 0.15) is 16.2 Å². The molecule has 8 heteroatoms. The molecule has 2 N–H and O–H groups in total. The normalized spacial score (nSPS) is 10.3. The summed E-state index contributed by atoms with van der Waals surface area (Å²) in [6.45, 7) is 1.72. The molecular weight excluding hydrogens is 363 g/mol. The predicted molar refractivity (Wildman–Crippen MR) is 104 cm³/mol. The van der Waals surface area contributed by atoms with E-state index in [0.29, 0.717) is 22.9 Å². The van der Waals surface area contributed by atoms with Crippen molar-refractivity contribution in [3.05, 3.63) is 65.7 Å². The Labute approximate surface area is 161 Å². The lowest BCUT2D eigenvalue weighted by Crippen LogP contribution is -2.16. The second-order valence-corrected chi connectivity index (χ2v) is 5.84. The van der Waals surface area contributed by atoms with Gasteiger partial charge in [0.2, 0.25) is 5.95 Å². The van der Waals surface area contributed by atoms with E-state index in [4.69, 9.17) is 9.47 Å². The highest BCUT2D eigenvalue weighted by molar-refractivity contribution is 6.04. The lowest BCUT2D eigenvalue weighted by molar-refractivity contribution is 0.102. The summed E-state index contributed by atoms with van der Waals surface area (Å²) in [6, 6.07) is 12.7. The summed E-state index contributed by atoms with van der Waals surface area (Å²) in [6.07, 6.45) is 0. The molecule has 2 aromatic carbocycles. The molecule has 0 radical (unpaired) electrons. The van der Waals surface area contributed by atoms with Crippen molar-refractivity contribution in [2.75, 3.05) is 24.9 Å². The van der Waals surface area contributed by atoms with E-state index in [9.17, 15) is 9.18 Å². The zero-order valence-electron chi connectivity index (χ0n) is 15.6. The van der Waals surface area contributed by atoms with Gasteiger partial charge in [0.15, 0.2) is 0 Å². The van der Waals surface area contributed by atoms with Crippen LogP contribution in [0.4, 0.5) is 21.7 Å². The Kier molecular flexibility index (Phi) is 5.69. The van der Waals surface area contributed by atoms with Gasteiger partial charge >= 0.3 is 0 Å². The fourth-order valence-electron chi connectivity index (χ4n) is 2.52. The topological polar surface area (TPSA) is 85.4 Å². The Balaban J connectivity index is 1.87. The van der Waals surface area contributed by atoms with Crippen LogP contribution in [0.2, 0.25) is 0 Å². The van der Waals surface area contributed by atoms with Crippen molar-refractivity contribution in [2.24, 2.45) is 0 Å². The van der Waals surface area contributed by atoms with Gasteiger partial charge in [0, 0.05) is 11.8 Å². The fourth-order valence-corrected chi connectivity index (χ4v) is 2.52. The molecule has 0 aliphatic rings. The second-order valence-electron chi connectivity index (χ2n) is 5.84. The van der Waals surface area contributed by atoms with Crippen molar-refractivity contribution in [1.82, 2.24) is 9.97 Å². The highest BCUT2D eigenvalue weighted by Gasteiger charge is 2.15. The molecule has 1 amide bonds. The molecule has 28 heavy (non-hydrogen) atoms. The Bertz CT molecular complexity index is 1010. The van der Waals surface area contributed by atoms with Gasteiger partial charge in [-0.25, -0.2) is 14.4 Å². The molecule has 7 nitrogen and oxygen atoms in total. The number of aromatic nitrogens is 2. The van der Waals surface area contributed by atoms with E-state index < -0.39 is 11.7 Å². The molecule has 0 saturated carbocycles. The number of rotatable bonds is 6. The summed E-state index contributed by atoms with van der Waals surface area (Å²) in [4.78, 5) is 21.1. The third-order valence-electron chi connectivity index (χ3n) is 3.86. The van der Waals surface area contributed by atoms with Crippen LogP contribution in [0.15, 0.2) is 48.5 Å². The summed E-state index contributed by atoms with van der Waals surface area (Å²) in [5.41, 5.74) is 1.33. The number of para-hydroxylation sites is 1. The van der Waals surface area contributed by atoms with Crippen molar-refractivity contribution in [3.63, 3.8) is 0 Å². The minimum Gasteiger partial charge on any atom is -0.497 e. The molecule has 0 bridgehead atoms. The molecule has 0 fully saturated rings. The highest BCUT2D eigenvalue weighted by Crippen LogP contribution is 2.29. The average Bonchev–Trinajstić information content (AvgIpc) is 2.69. The van der Waals surface area contributed by atoms with E-state index in [-0.39, 0.29) is 17.3 Å². The largest absolute Gasteiger partial charge is 0.497 e. The molecule has 0 aliphatic carbocycles. The molecule has 0 aliphatic heterocycles. The molecule has 0 spiro atoms. The SMILES string of the molecule is COc1ccc(OC)c(NC(=O)c2cc(C)nc(Nc3ccccc3F)n2)c1. The maximum absolute atomic E-state index is 13.9. The van der Waals surface area contributed by atoms with E-state index in [0.717, 1.165) is 0 Å². The van der Waals surface area contributed by atoms with E-state index in [1.54, 1.807) is 43.3 Å². The number of carbonyl (C=O) groups is 1. The number of anilines is 3. The maximum Gasteiger partial charge on any atom is 0.274 e. The number of benzene rings is 2. The van der Waals surface area contributed by atoms with Gasteiger partial charge in [-0.2, -0.15) is 0 Å². The Morgan fingerprint density at radius 2 is 1.79 bits per heavy atom. The number of hydrogen-bond donors (Lipinski definition) is 2. The van der Waals surface area contributed by atoms with E-state index in [1.165, 1.54) is 26.4 Å². The minimum absolute atomic E-state index is 0.118. The zero-order chi connectivity index (χ0) is 20.1. The van der Waals surface area contributed by atoms with Crippen molar-refractivity contribution in [2.45, 2.75) is 6.92 Å². The molecule has 144 valence electrons. The summed E-state index contributed by atoms with van der Waals surface area (Å²) >= 11 is 0. The molecule has 0 unspecified atom stereocenters. The Morgan fingerprint density at radius 3 is 2.50 bits per heavy atom. The van der Waals surface area contributed by atoms with Crippen LogP contribution in [-0.4, -0.2) is 30.1 Å². The summed E-state index contributed by atoms with van der Waals surface area (Å²) in [5.74, 6) is 0.253. The van der Waals surface area contributed by atoms with Crippen LogP contribution in [-0.2, 0) is 0 Å². The summed E-state index contributed by atoms with van der Waals surface area (Å²) < 4.78 is 24.3. The number of methoxy groups -OCH3 is 2. The van der Waals surface area contributed by atoms with Crippen LogP contribution in [0.25, 0.3) is 0 Å². The number of amides is 1. The Hall–Kier alpha value is -3.68. The summed E-state index contributed by atoms with van der Waals surface area (Å²) in [5, 5.41) is 5.54. The first-order valence-corrected chi connectivity index (χ1v) is 8.41. The third kappa shape index (κ3) is 4.35. The third-order valence-corrected chi connectivity index (χ3v) is 3.86. The monoisotopic (exact) mass is 382 g/mol. The smallest absolute Gasteiger partial charge is 0.274 e. The number of hydrogen-bond acceptors (Lipinski definition) is 6. The van der Waals surface area contributed by atoms with Crippen molar-refractivity contribution in [1.29, 1.82) is 0 Å². The van der Waals surface area contributed by atoms with Crippen LogP contribution in [0, 0.1) is 12.7 Å². The first-order valence-electron chi connectivity index (χ1n) is 8.41. The number of halogens is 1. The predicted octanol–water partition coefficient (Wildman–Crippen LogP) is 3.94. The molecular formula is C20H19FN4O3. The second kappa shape index (κ2) is 8.34. The van der Waals surface area contributed by atoms with Gasteiger partial charge in [-0.05, 0) is 37.3 Å². The van der Waals surface area contributed by atoms with Crippen molar-refractivity contribution >= 4 is 23.2 Å². The van der Waals surface area contributed by atoms with Gasteiger partial charge in [0.05, 0.1) is 25.6 Å². The zero-order valence-corrected chi connectivity index (χ0v) is 15.6. The van der Waals surface area contributed by atoms with Gasteiger partial charge in [-0.3, -0.25) is 4.79 Å². The van der Waals surface area contributed by atoms with Gasteiger partial charge in [-0.15, -0.1) is 0 Å². The molecule has 1 heterocycles. The van der Waals surface area contributed by atoms with Gasteiger partial charge in [0.25, 0.3) is 5.91 Å². The Morgan fingerprint density at radius 1 is 1.00 bits per heavy atom. The van der Waals surface area contributed by atoms with Crippen molar-refractivity contribution in [3.8, 4) is 11.5 Å². The standard InChI is InChI=1S/C20H19FN4O3/c1-12-10-17(25-20(22-12)24-15-7-5-4-6-14(15)21)19(26)23-16-11-13(27-2)8-9-18(16)28-3/h4-11H,1-3H3,(H,23,26)(H,22,24,25). The molecule has 3 aromatic rings. The van der Waals surface area contributed by atoms with Crippen molar-refractivity contribution < 1.29 is 18.7 Å². The molecule has 0 atom stereocenters. The van der Waals surface area contributed by atoms with Gasteiger partial charge in [-0.1, -0.05) is 12.1 Å². The van der Waals surface area contributed by atoms with E-state index in [1.807, 2.05) is 0 Å². The molecule has 1 aromatic heterocycles. The van der Waals surface area contributed by atoms with Crippen LogP contribution < -0.4 is 20.1 Å². The van der Waals surface area contributed by atoms with Crippen LogP contribution >= 0.6 is 0 Å².